The van der Waals surface area contributed by atoms with E-state index in [9.17, 15) is 5.11 Å². The molecule has 2 aromatic carbocycles. The smallest absolute Gasteiger partial charge is 0.123 e. The zero-order valence-corrected chi connectivity index (χ0v) is 9.68. The van der Waals surface area contributed by atoms with Crippen LogP contribution in [0.2, 0.25) is 0 Å². The van der Waals surface area contributed by atoms with Crippen LogP contribution >= 0.6 is 0 Å². The third-order valence-electron chi connectivity index (χ3n) is 2.51. The van der Waals surface area contributed by atoms with Gasteiger partial charge in [-0.25, -0.2) is 0 Å². The molecule has 0 unspecified atom stereocenters. The van der Waals surface area contributed by atoms with Crippen molar-refractivity contribution in [1.82, 2.24) is 0 Å². The van der Waals surface area contributed by atoms with Gasteiger partial charge in [-0.1, -0.05) is 18.2 Å². The molecule has 0 saturated heterocycles. The van der Waals surface area contributed by atoms with Crippen LogP contribution in [0.25, 0.3) is 0 Å². The third kappa shape index (κ3) is 2.91. The molecule has 0 aliphatic rings. The minimum atomic E-state index is 0.194. The van der Waals surface area contributed by atoms with Crippen molar-refractivity contribution >= 4 is 5.69 Å². The van der Waals surface area contributed by atoms with E-state index in [0.29, 0.717) is 12.4 Å². The summed E-state index contributed by atoms with van der Waals surface area (Å²) in [4.78, 5) is 0. The highest BCUT2D eigenvalue weighted by atomic mass is 16.5. The highest BCUT2D eigenvalue weighted by molar-refractivity contribution is 5.48. The van der Waals surface area contributed by atoms with Gasteiger partial charge in [0.05, 0.1) is 0 Å². The lowest BCUT2D eigenvalue weighted by Crippen LogP contribution is -2.00. The first-order valence-corrected chi connectivity index (χ1v) is 5.42. The molecule has 17 heavy (non-hydrogen) atoms. The van der Waals surface area contributed by atoms with Gasteiger partial charge in [-0.15, -0.1) is 0 Å². The van der Waals surface area contributed by atoms with Gasteiger partial charge in [-0.05, 0) is 30.7 Å². The summed E-state index contributed by atoms with van der Waals surface area (Å²) < 4.78 is 5.55. The molecule has 0 aliphatic carbocycles. The fourth-order valence-electron chi connectivity index (χ4n) is 1.58. The highest BCUT2D eigenvalue weighted by Gasteiger charge is 2.01. The number of ether oxygens (including phenoxy) is 1. The Bertz CT molecular complexity index is 523. The van der Waals surface area contributed by atoms with Crippen molar-refractivity contribution in [3.8, 4) is 11.5 Å². The number of benzene rings is 2. The lowest BCUT2D eigenvalue weighted by molar-refractivity contribution is 0.305. The number of nitrogens with two attached hydrogens (primary N) is 1. The van der Waals surface area contributed by atoms with Gasteiger partial charge in [-0.2, -0.15) is 0 Å². The first-order chi connectivity index (χ1) is 8.15. The van der Waals surface area contributed by atoms with Gasteiger partial charge in [0.25, 0.3) is 0 Å². The van der Waals surface area contributed by atoms with Crippen LogP contribution in [0.5, 0.6) is 11.5 Å². The molecule has 3 N–H and O–H groups in total. The van der Waals surface area contributed by atoms with E-state index in [1.54, 1.807) is 24.3 Å². The maximum absolute atomic E-state index is 9.30. The maximum Gasteiger partial charge on any atom is 0.123 e. The predicted octanol–water partition coefficient (Wildman–Crippen LogP) is 2.86. The van der Waals surface area contributed by atoms with Crippen molar-refractivity contribution in [2.75, 3.05) is 5.73 Å². The molecule has 0 radical (unpaired) electrons. The van der Waals surface area contributed by atoms with Crippen molar-refractivity contribution in [2.45, 2.75) is 13.5 Å². The third-order valence-corrected chi connectivity index (χ3v) is 2.51. The number of aryl methyl sites for hydroxylation is 1. The molecule has 0 bridgehead atoms. The average Bonchev–Trinajstić information content (AvgIpc) is 2.28. The Morgan fingerprint density at radius 3 is 2.71 bits per heavy atom. The summed E-state index contributed by atoms with van der Waals surface area (Å²) in [6.45, 7) is 2.39. The fourth-order valence-corrected chi connectivity index (χ4v) is 1.58. The van der Waals surface area contributed by atoms with Crippen molar-refractivity contribution in [3.63, 3.8) is 0 Å². The Morgan fingerprint density at radius 2 is 2.00 bits per heavy atom. The molecule has 0 atom stereocenters. The summed E-state index contributed by atoms with van der Waals surface area (Å²) in [5, 5.41) is 9.30. The van der Waals surface area contributed by atoms with Gasteiger partial charge in [0.15, 0.2) is 0 Å². The van der Waals surface area contributed by atoms with Crippen LogP contribution in [0.1, 0.15) is 11.1 Å². The molecular formula is C14H15NO2. The van der Waals surface area contributed by atoms with Crippen LogP contribution in [-0.2, 0) is 6.61 Å². The summed E-state index contributed by atoms with van der Waals surface area (Å²) in [6, 6.07) is 12.6. The topological polar surface area (TPSA) is 55.5 Å². The standard InChI is InChI=1S/C14H15NO2/c1-10-5-6-11(14(15)7-10)9-17-13-4-2-3-12(16)8-13/h2-8,16H,9,15H2,1H3. The van der Waals surface area contributed by atoms with Crippen LogP contribution in [0.3, 0.4) is 0 Å². The first-order valence-electron chi connectivity index (χ1n) is 5.42. The molecular weight excluding hydrogens is 214 g/mol. The Labute approximate surface area is 100 Å². The van der Waals surface area contributed by atoms with Gasteiger partial charge in [0.1, 0.15) is 18.1 Å². The lowest BCUT2D eigenvalue weighted by Gasteiger charge is -2.09. The summed E-state index contributed by atoms with van der Waals surface area (Å²) in [5.41, 5.74) is 8.68. The summed E-state index contributed by atoms with van der Waals surface area (Å²) in [5.74, 6) is 0.823. The molecule has 0 fully saturated rings. The summed E-state index contributed by atoms with van der Waals surface area (Å²) in [7, 11) is 0. The SMILES string of the molecule is Cc1ccc(COc2cccc(O)c2)c(N)c1. The number of aromatic hydroxyl groups is 1. The number of rotatable bonds is 3. The molecule has 0 amide bonds. The van der Waals surface area contributed by atoms with E-state index in [1.165, 1.54) is 0 Å². The van der Waals surface area contributed by atoms with E-state index >= 15 is 0 Å². The van der Waals surface area contributed by atoms with Gasteiger partial charge < -0.3 is 15.6 Å². The monoisotopic (exact) mass is 229 g/mol. The second kappa shape index (κ2) is 4.78. The molecule has 0 aromatic heterocycles. The van der Waals surface area contributed by atoms with Crippen molar-refractivity contribution in [1.29, 1.82) is 0 Å². The molecule has 0 heterocycles. The van der Waals surface area contributed by atoms with Gasteiger partial charge >= 0.3 is 0 Å². The number of hydrogen-bond acceptors (Lipinski definition) is 3. The van der Waals surface area contributed by atoms with E-state index in [4.69, 9.17) is 10.5 Å². The van der Waals surface area contributed by atoms with E-state index in [1.807, 2.05) is 25.1 Å². The summed E-state index contributed by atoms with van der Waals surface area (Å²) >= 11 is 0. The van der Waals surface area contributed by atoms with Gasteiger partial charge in [0.2, 0.25) is 0 Å². The Hall–Kier alpha value is -2.16. The lowest BCUT2D eigenvalue weighted by atomic mass is 10.1. The quantitative estimate of drug-likeness (QED) is 0.796. The van der Waals surface area contributed by atoms with Crippen molar-refractivity contribution in [3.05, 3.63) is 53.6 Å². The van der Waals surface area contributed by atoms with Crippen molar-refractivity contribution in [2.24, 2.45) is 0 Å². The largest absolute Gasteiger partial charge is 0.508 e. The van der Waals surface area contributed by atoms with E-state index in [0.717, 1.165) is 16.8 Å². The molecule has 88 valence electrons. The number of anilines is 1. The van der Waals surface area contributed by atoms with Crippen LogP contribution < -0.4 is 10.5 Å². The normalized spacial score (nSPS) is 10.2. The molecule has 2 aromatic rings. The van der Waals surface area contributed by atoms with E-state index < -0.39 is 0 Å². The van der Waals surface area contributed by atoms with Gasteiger partial charge in [-0.3, -0.25) is 0 Å². The van der Waals surface area contributed by atoms with Crippen LogP contribution in [0, 0.1) is 6.92 Å². The molecule has 2 rings (SSSR count). The average molecular weight is 229 g/mol. The second-order valence-electron chi connectivity index (χ2n) is 3.99. The molecule has 0 saturated carbocycles. The Balaban J connectivity index is 2.07. The zero-order chi connectivity index (χ0) is 12.3. The molecule has 3 nitrogen and oxygen atoms in total. The number of nitrogen functional groups attached to an aromatic ring is 1. The van der Waals surface area contributed by atoms with Crippen LogP contribution in [-0.4, -0.2) is 5.11 Å². The molecule has 0 spiro atoms. The maximum atomic E-state index is 9.30. The first kappa shape index (κ1) is 11.3. The fraction of sp³-hybridized carbons (Fsp3) is 0.143. The van der Waals surface area contributed by atoms with E-state index in [2.05, 4.69) is 0 Å². The minimum Gasteiger partial charge on any atom is -0.508 e. The zero-order valence-electron chi connectivity index (χ0n) is 9.68. The molecule has 3 heteroatoms. The van der Waals surface area contributed by atoms with Crippen LogP contribution in [0.15, 0.2) is 42.5 Å². The van der Waals surface area contributed by atoms with E-state index in [-0.39, 0.29) is 5.75 Å². The number of hydrogen-bond donors (Lipinski definition) is 2. The molecule has 0 aliphatic heterocycles. The highest BCUT2D eigenvalue weighted by Crippen LogP contribution is 2.20. The Morgan fingerprint density at radius 1 is 1.18 bits per heavy atom. The number of phenols is 1. The second-order valence-corrected chi connectivity index (χ2v) is 3.99. The number of phenolic OH excluding ortho intramolecular Hbond substituents is 1. The predicted molar refractivity (Wildman–Crippen MR) is 68.0 cm³/mol. The van der Waals surface area contributed by atoms with Crippen molar-refractivity contribution < 1.29 is 9.84 Å². The summed E-state index contributed by atoms with van der Waals surface area (Å²) in [6.07, 6.45) is 0. The minimum absolute atomic E-state index is 0.194. The van der Waals surface area contributed by atoms with Crippen LogP contribution in [0.4, 0.5) is 5.69 Å². The van der Waals surface area contributed by atoms with Gasteiger partial charge in [0, 0.05) is 17.3 Å². The Kier molecular flexibility index (Phi) is 3.19.